The molecule has 0 saturated carbocycles. The molecule has 0 atom stereocenters. The van der Waals surface area contributed by atoms with Crippen molar-refractivity contribution in [3.8, 4) is 11.9 Å². The van der Waals surface area contributed by atoms with Crippen molar-refractivity contribution in [2.45, 2.75) is 6.61 Å². The van der Waals surface area contributed by atoms with Crippen LogP contribution in [0.5, 0.6) is 5.75 Å². The second kappa shape index (κ2) is 8.32. The van der Waals surface area contributed by atoms with E-state index in [0.29, 0.717) is 16.8 Å². The molecule has 0 saturated heterocycles. The van der Waals surface area contributed by atoms with Crippen LogP contribution in [-0.4, -0.2) is 11.4 Å². The molecule has 0 aliphatic rings. The second-order valence-electron chi connectivity index (χ2n) is 4.27. The van der Waals surface area contributed by atoms with Crippen LogP contribution in [0, 0.1) is 11.5 Å². The number of thioether (sulfide) groups is 1. The molecule has 2 aromatic rings. The molecule has 1 N–H and O–H groups in total. The maximum absolute atomic E-state index is 8.65. The van der Waals surface area contributed by atoms with Crippen LogP contribution in [0.25, 0.3) is 0 Å². The van der Waals surface area contributed by atoms with Gasteiger partial charge in [0.1, 0.15) is 12.4 Å². The van der Waals surface area contributed by atoms with E-state index in [1.807, 2.05) is 48.8 Å². The van der Waals surface area contributed by atoms with Gasteiger partial charge in [-0.2, -0.15) is 5.26 Å². The van der Waals surface area contributed by atoms with Crippen LogP contribution in [-0.2, 0) is 6.61 Å². The summed E-state index contributed by atoms with van der Waals surface area (Å²) in [5.74, 6) is 0.759. The first kappa shape index (κ1) is 16.2. The highest BCUT2D eigenvalue weighted by atomic mass is 35.5. The lowest BCUT2D eigenvalue weighted by Gasteiger charge is -2.07. The monoisotopic (exact) mass is 331 g/mol. The van der Waals surface area contributed by atoms with Crippen LogP contribution in [0.1, 0.15) is 5.56 Å². The molecule has 112 valence electrons. The molecule has 0 unspecified atom stereocenters. The van der Waals surface area contributed by atoms with Crippen LogP contribution >= 0.6 is 23.4 Å². The average molecular weight is 332 g/mol. The molecule has 0 amide bonds. The van der Waals surface area contributed by atoms with Gasteiger partial charge in [0.15, 0.2) is 11.4 Å². The Morgan fingerprint density at radius 3 is 2.77 bits per heavy atom. The fourth-order valence-corrected chi connectivity index (χ4v) is 2.17. The van der Waals surface area contributed by atoms with E-state index in [1.54, 1.807) is 12.1 Å². The van der Waals surface area contributed by atoms with Crippen molar-refractivity contribution in [2.24, 2.45) is 4.99 Å². The second-order valence-corrected chi connectivity index (χ2v) is 5.50. The number of nitriles is 1. The number of hydrogen-bond donors (Lipinski definition) is 1. The lowest BCUT2D eigenvalue weighted by atomic mass is 10.2. The fourth-order valence-electron chi connectivity index (χ4n) is 1.70. The first-order valence-electron chi connectivity index (χ1n) is 6.46. The number of ether oxygens (including phenoxy) is 1. The molecule has 0 heterocycles. The summed E-state index contributed by atoms with van der Waals surface area (Å²) in [6.07, 6.45) is 3.73. The van der Waals surface area contributed by atoms with E-state index in [-0.39, 0.29) is 0 Å². The van der Waals surface area contributed by atoms with Crippen LogP contribution < -0.4 is 10.1 Å². The summed E-state index contributed by atoms with van der Waals surface area (Å²) < 4.78 is 5.70. The van der Waals surface area contributed by atoms with E-state index in [2.05, 4.69) is 10.3 Å². The molecule has 0 aliphatic heterocycles. The summed E-state index contributed by atoms with van der Waals surface area (Å²) in [4.78, 5) is 4.37. The van der Waals surface area contributed by atoms with Gasteiger partial charge in [0, 0.05) is 5.02 Å². The third kappa shape index (κ3) is 4.99. The Morgan fingerprint density at radius 2 is 2.09 bits per heavy atom. The quantitative estimate of drug-likeness (QED) is 0.392. The van der Waals surface area contributed by atoms with Gasteiger partial charge in [0.2, 0.25) is 0 Å². The van der Waals surface area contributed by atoms with E-state index in [4.69, 9.17) is 21.6 Å². The highest BCUT2D eigenvalue weighted by Gasteiger charge is 2.00. The van der Waals surface area contributed by atoms with Crippen LogP contribution in [0.4, 0.5) is 5.69 Å². The number of nitrogens with zero attached hydrogens (tertiary/aromatic N) is 2. The van der Waals surface area contributed by atoms with Crippen LogP contribution in [0.15, 0.2) is 53.5 Å². The van der Waals surface area contributed by atoms with E-state index in [1.165, 1.54) is 11.8 Å². The maximum atomic E-state index is 8.65. The lowest BCUT2D eigenvalue weighted by Crippen LogP contribution is -2.12. The predicted molar refractivity (Wildman–Crippen MR) is 91.6 cm³/mol. The molecule has 0 bridgehead atoms. The normalized spacial score (nSPS) is 10.9. The summed E-state index contributed by atoms with van der Waals surface area (Å²) in [6.45, 7) is 0.436. The molecule has 22 heavy (non-hydrogen) atoms. The minimum atomic E-state index is 0.436. The molecule has 0 aliphatic carbocycles. The molecular weight excluding hydrogens is 318 g/mol. The summed E-state index contributed by atoms with van der Waals surface area (Å²) in [6, 6.07) is 14.9. The summed E-state index contributed by atoms with van der Waals surface area (Å²) in [5, 5.41) is 12.4. The zero-order chi connectivity index (χ0) is 15.8. The van der Waals surface area contributed by atoms with Gasteiger partial charge in [-0.1, -0.05) is 35.5 Å². The van der Waals surface area contributed by atoms with Crippen molar-refractivity contribution in [1.29, 1.82) is 5.26 Å². The van der Waals surface area contributed by atoms with Crippen molar-refractivity contribution in [3.05, 3.63) is 59.1 Å². The molecule has 4 nitrogen and oxygen atoms in total. The van der Waals surface area contributed by atoms with E-state index < -0.39 is 0 Å². The minimum Gasteiger partial charge on any atom is -0.489 e. The Bertz CT molecular complexity index is 695. The molecule has 0 spiro atoms. The summed E-state index contributed by atoms with van der Waals surface area (Å²) in [7, 11) is 0. The van der Waals surface area contributed by atoms with E-state index in [0.717, 1.165) is 17.0 Å². The molecule has 0 fully saturated rings. The number of benzene rings is 2. The topological polar surface area (TPSA) is 57.4 Å². The number of halogens is 1. The number of hydrogen-bond acceptors (Lipinski definition) is 4. The van der Waals surface area contributed by atoms with Crippen molar-refractivity contribution in [1.82, 2.24) is 5.32 Å². The van der Waals surface area contributed by atoms with E-state index in [9.17, 15) is 0 Å². The molecule has 2 aromatic carbocycles. The highest BCUT2D eigenvalue weighted by molar-refractivity contribution is 8.13. The number of nitrogens with one attached hydrogen (secondary N) is 1. The van der Waals surface area contributed by atoms with Gasteiger partial charge in [-0.3, -0.25) is 5.32 Å². The third-order valence-electron chi connectivity index (χ3n) is 2.72. The van der Waals surface area contributed by atoms with Crippen molar-refractivity contribution < 1.29 is 4.74 Å². The molecule has 6 heteroatoms. The van der Waals surface area contributed by atoms with Crippen LogP contribution in [0.2, 0.25) is 5.02 Å². The smallest absolute Gasteiger partial charge is 0.183 e. The summed E-state index contributed by atoms with van der Waals surface area (Å²) in [5.41, 5.74) is 1.76. The lowest BCUT2D eigenvalue weighted by molar-refractivity contribution is 0.306. The Kier molecular flexibility index (Phi) is 6.13. The summed E-state index contributed by atoms with van der Waals surface area (Å²) >= 11 is 7.22. The van der Waals surface area contributed by atoms with Gasteiger partial charge in [-0.05, 0) is 48.2 Å². The van der Waals surface area contributed by atoms with Crippen LogP contribution in [0.3, 0.4) is 0 Å². The Hall–Kier alpha value is -2.16. The predicted octanol–water partition coefficient (Wildman–Crippen LogP) is 4.34. The van der Waals surface area contributed by atoms with Crippen molar-refractivity contribution in [3.63, 3.8) is 0 Å². The first-order valence-corrected chi connectivity index (χ1v) is 8.06. The van der Waals surface area contributed by atoms with Gasteiger partial charge >= 0.3 is 0 Å². The first-order chi connectivity index (χ1) is 10.7. The molecule has 0 radical (unpaired) electrons. The third-order valence-corrected chi connectivity index (χ3v) is 3.55. The largest absolute Gasteiger partial charge is 0.489 e. The SMILES string of the molecule is CSC(=Nc1cccc(COc2ccc(Cl)cc2)c1)NC#N. The van der Waals surface area contributed by atoms with Crippen molar-refractivity contribution >= 4 is 34.2 Å². The number of amidine groups is 1. The van der Waals surface area contributed by atoms with E-state index >= 15 is 0 Å². The standard InChI is InChI=1S/C16H14ClN3OS/c1-22-16(19-11-18)20-14-4-2-3-12(9-14)10-21-15-7-5-13(17)6-8-15/h2-9H,10H2,1H3,(H,19,20). The van der Waals surface area contributed by atoms with Gasteiger partial charge in [-0.25, -0.2) is 4.99 Å². The maximum Gasteiger partial charge on any atom is 0.183 e. The Balaban J connectivity index is 2.05. The molecular formula is C16H14ClN3OS. The zero-order valence-electron chi connectivity index (χ0n) is 11.9. The number of rotatable bonds is 4. The molecule has 0 aromatic heterocycles. The highest BCUT2D eigenvalue weighted by Crippen LogP contribution is 2.19. The molecule has 2 rings (SSSR count). The van der Waals surface area contributed by atoms with Crippen molar-refractivity contribution in [2.75, 3.05) is 6.26 Å². The number of aliphatic imine (C=N–C) groups is 1. The Morgan fingerprint density at radius 1 is 1.32 bits per heavy atom. The average Bonchev–Trinajstić information content (AvgIpc) is 2.54. The van der Waals surface area contributed by atoms with Gasteiger partial charge in [0.25, 0.3) is 0 Å². The fraction of sp³-hybridized carbons (Fsp3) is 0.125. The minimum absolute atomic E-state index is 0.436. The Labute approximate surface area is 138 Å². The zero-order valence-corrected chi connectivity index (χ0v) is 13.5. The van der Waals surface area contributed by atoms with Gasteiger partial charge < -0.3 is 4.74 Å². The van der Waals surface area contributed by atoms with Gasteiger partial charge in [-0.15, -0.1) is 0 Å². The van der Waals surface area contributed by atoms with Gasteiger partial charge in [0.05, 0.1) is 5.69 Å².